The summed E-state index contributed by atoms with van der Waals surface area (Å²) in [7, 11) is 0. The minimum atomic E-state index is -0.103. The van der Waals surface area contributed by atoms with E-state index in [1.165, 1.54) is 4.70 Å². The Morgan fingerprint density at radius 1 is 0.926 bits per heavy atom. The zero-order chi connectivity index (χ0) is 18.5. The molecule has 4 rings (SSSR count). The molecule has 0 saturated heterocycles. The fourth-order valence-electron chi connectivity index (χ4n) is 2.75. The molecule has 0 atom stereocenters. The number of amides is 1. The average molecular weight is 370 g/mol. The van der Waals surface area contributed by atoms with Crippen LogP contribution in [0, 0.1) is 0 Å². The quantitative estimate of drug-likeness (QED) is 0.485. The molecule has 1 N–H and O–H groups in total. The molecule has 0 spiro atoms. The van der Waals surface area contributed by atoms with Crippen LogP contribution in [0.3, 0.4) is 0 Å². The topological polar surface area (TPSA) is 42.0 Å². The number of thiazole rings is 1. The van der Waals surface area contributed by atoms with Gasteiger partial charge in [0.1, 0.15) is 5.01 Å². The van der Waals surface area contributed by atoms with Crippen LogP contribution >= 0.6 is 11.3 Å². The number of benzene rings is 3. The van der Waals surface area contributed by atoms with Crippen LogP contribution in [-0.2, 0) is 11.3 Å². The number of para-hydroxylation sites is 1. The minimum Gasteiger partial charge on any atom is -0.348 e. The van der Waals surface area contributed by atoms with Crippen LogP contribution in [0.15, 0.2) is 84.9 Å². The smallest absolute Gasteiger partial charge is 0.244 e. The molecule has 0 saturated carbocycles. The van der Waals surface area contributed by atoms with Gasteiger partial charge in [-0.2, -0.15) is 0 Å². The maximum atomic E-state index is 12.0. The second-order valence-corrected chi connectivity index (χ2v) is 7.18. The van der Waals surface area contributed by atoms with Crippen LogP contribution in [0.4, 0.5) is 0 Å². The highest BCUT2D eigenvalue weighted by atomic mass is 32.1. The molecule has 1 aromatic heterocycles. The van der Waals surface area contributed by atoms with E-state index in [9.17, 15) is 4.79 Å². The number of hydrogen-bond acceptors (Lipinski definition) is 3. The van der Waals surface area contributed by atoms with E-state index in [2.05, 4.69) is 28.5 Å². The first kappa shape index (κ1) is 17.2. The van der Waals surface area contributed by atoms with Crippen molar-refractivity contribution in [1.82, 2.24) is 10.3 Å². The molecule has 132 valence electrons. The maximum Gasteiger partial charge on any atom is 0.244 e. The van der Waals surface area contributed by atoms with Gasteiger partial charge in [-0.25, -0.2) is 4.98 Å². The predicted octanol–water partition coefficient (Wildman–Crippen LogP) is 5.29. The van der Waals surface area contributed by atoms with E-state index < -0.39 is 0 Å². The van der Waals surface area contributed by atoms with E-state index in [4.69, 9.17) is 0 Å². The van der Waals surface area contributed by atoms with Gasteiger partial charge < -0.3 is 5.32 Å². The SMILES string of the molecule is O=C(C=Cc1ccccc1)NCc1ccc(-c2nc3ccccc3s2)cc1. The van der Waals surface area contributed by atoms with Gasteiger partial charge in [-0.15, -0.1) is 11.3 Å². The Balaban J connectivity index is 1.38. The van der Waals surface area contributed by atoms with Gasteiger partial charge >= 0.3 is 0 Å². The van der Waals surface area contributed by atoms with Crippen molar-refractivity contribution in [2.45, 2.75) is 6.54 Å². The van der Waals surface area contributed by atoms with Crippen molar-refractivity contribution in [3.8, 4) is 10.6 Å². The largest absolute Gasteiger partial charge is 0.348 e. The van der Waals surface area contributed by atoms with Crippen molar-refractivity contribution in [2.75, 3.05) is 0 Å². The van der Waals surface area contributed by atoms with E-state index in [0.717, 1.165) is 27.2 Å². The van der Waals surface area contributed by atoms with E-state index in [0.29, 0.717) is 6.54 Å². The predicted molar refractivity (Wildman–Crippen MR) is 112 cm³/mol. The lowest BCUT2D eigenvalue weighted by atomic mass is 10.1. The summed E-state index contributed by atoms with van der Waals surface area (Å²) >= 11 is 1.69. The molecule has 1 heterocycles. The van der Waals surface area contributed by atoms with E-state index in [-0.39, 0.29) is 5.91 Å². The van der Waals surface area contributed by atoms with Crippen LogP contribution in [0.5, 0.6) is 0 Å². The summed E-state index contributed by atoms with van der Waals surface area (Å²) in [5.41, 5.74) is 4.18. The molecule has 27 heavy (non-hydrogen) atoms. The first-order valence-electron chi connectivity index (χ1n) is 8.74. The van der Waals surface area contributed by atoms with Gasteiger partial charge in [0.15, 0.2) is 0 Å². The normalized spacial score (nSPS) is 11.1. The molecule has 0 bridgehead atoms. The van der Waals surface area contributed by atoms with Crippen molar-refractivity contribution in [2.24, 2.45) is 0 Å². The van der Waals surface area contributed by atoms with Crippen molar-refractivity contribution >= 4 is 33.5 Å². The standard InChI is InChI=1S/C23H18N2OS/c26-22(15-12-17-6-2-1-3-7-17)24-16-18-10-13-19(14-11-18)23-25-20-8-4-5-9-21(20)27-23/h1-15H,16H2,(H,24,26). The highest BCUT2D eigenvalue weighted by Crippen LogP contribution is 2.29. The molecule has 3 nitrogen and oxygen atoms in total. The summed E-state index contributed by atoms with van der Waals surface area (Å²) in [4.78, 5) is 16.7. The van der Waals surface area contributed by atoms with Crippen LogP contribution < -0.4 is 5.32 Å². The summed E-state index contributed by atoms with van der Waals surface area (Å²) < 4.78 is 1.19. The van der Waals surface area contributed by atoms with Gasteiger partial charge in [0.25, 0.3) is 0 Å². The second-order valence-electron chi connectivity index (χ2n) is 6.15. The molecule has 0 aliphatic carbocycles. The molecule has 1 amide bonds. The molecule has 0 fully saturated rings. The lowest BCUT2D eigenvalue weighted by Crippen LogP contribution is -2.20. The molecule has 0 unspecified atom stereocenters. The van der Waals surface area contributed by atoms with Crippen LogP contribution in [0.1, 0.15) is 11.1 Å². The molecule has 4 aromatic rings. The molecule has 0 aliphatic heterocycles. The Morgan fingerprint density at radius 3 is 2.44 bits per heavy atom. The molecular formula is C23H18N2OS. The molecule has 0 aliphatic rings. The monoisotopic (exact) mass is 370 g/mol. The van der Waals surface area contributed by atoms with Gasteiger partial charge in [0.2, 0.25) is 5.91 Å². The summed E-state index contributed by atoms with van der Waals surface area (Å²) in [6.07, 6.45) is 3.37. The number of fused-ring (bicyclic) bond motifs is 1. The van der Waals surface area contributed by atoms with Crippen molar-refractivity contribution < 1.29 is 4.79 Å². The fourth-order valence-corrected chi connectivity index (χ4v) is 3.72. The Bertz CT molecular complexity index is 1050. The van der Waals surface area contributed by atoms with Gasteiger partial charge in [0.05, 0.1) is 10.2 Å². The Kier molecular flexibility index (Phi) is 5.08. The third kappa shape index (κ3) is 4.30. The van der Waals surface area contributed by atoms with Crippen LogP contribution in [-0.4, -0.2) is 10.9 Å². The molecule has 3 aromatic carbocycles. The lowest BCUT2D eigenvalue weighted by Gasteiger charge is -2.04. The van der Waals surface area contributed by atoms with Gasteiger partial charge in [-0.05, 0) is 29.3 Å². The molecule has 4 heteroatoms. The first-order valence-corrected chi connectivity index (χ1v) is 9.55. The van der Waals surface area contributed by atoms with E-state index >= 15 is 0 Å². The number of nitrogens with zero attached hydrogens (tertiary/aromatic N) is 1. The first-order chi connectivity index (χ1) is 13.3. The van der Waals surface area contributed by atoms with E-state index in [1.807, 2.05) is 66.7 Å². The highest BCUT2D eigenvalue weighted by Gasteiger charge is 2.06. The summed E-state index contributed by atoms with van der Waals surface area (Å²) in [6.45, 7) is 0.498. The second kappa shape index (κ2) is 7.98. The Hall–Kier alpha value is -3.24. The van der Waals surface area contributed by atoms with Gasteiger partial charge in [-0.3, -0.25) is 4.79 Å². The summed E-state index contributed by atoms with van der Waals surface area (Å²) in [5.74, 6) is -0.103. The van der Waals surface area contributed by atoms with Gasteiger partial charge in [-0.1, -0.05) is 66.7 Å². The number of rotatable bonds is 5. The third-order valence-corrected chi connectivity index (χ3v) is 5.27. The highest BCUT2D eigenvalue weighted by molar-refractivity contribution is 7.21. The number of carbonyl (C=O) groups is 1. The number of hydrogen-bond donors (Lipinski definition) is 1. The van der Waals surface area contributed by atoms with Crippen molar-refractivity contribution in [1.29, 1.82) is 0 Å². The minimum absolute atomic E-state index is 0.103. The fraction of sp³-hybridized carbons (Fsp3) is 0.0435. The van der Waals surface area contributed by atoms with Crippen LogP contribution in [0.25, 0.3) is 26.9 Å². The summed E-state index contributed by atoms with van der Waals surface area (Å²) in [6, 6.07) is 26.1. The molecule has 0 radical (unpaired) electrons. The van der Waals surface area contributed by atoms with Gasteiger partial charge in [0, 0.05) is 18.2 Å². The van der Waals surface area contributed by atoms with E-state index in [1.54, 1.807) is 17.4 Å². The number of aromatic nitrogens is 1. The van der Waals surface area contributed by atoms with Crippen LogP contribution in [0.2, 0.25) is 0 Å². The third-order valence-electron chi connectivity index (χ3n) is 4.19. The summed E-state index contributed by atoms with van der Waals surface area (Å²) in [5, 5.41) is 3.92. The lowest BCUT2D eigenvalue weighted by molar-refractivity contribution is -0.116. The van der Waals surface area contributed by atoms with Crippen molar-refractivity contribution in [3.63, 3.8) is 0 Å². The molecular weight excluding hydrogens is 352 g/mol. The zero-order valence-corrected chi connectivity index (χ0v) is 15.4. The maximum absolute atomic E-state index is 12.0. The number of carbonyl (C=O) groups excluding carboxylic acids is 1. The average Bonchev–Trinajstić information content (AvgIpc) is 3.16. The Labute approximate surface area is 162 Å². The van der Waals surface area contributed by atoms with Crippen molar-refractivity contribution in [3.05, 3.63) is 96.1 Å². The zero-order valence-electron chi connectivity index (χ0n) is 14.6. The number of nitrogens with one attached hydrogen (secondary N) is 1. The Morgan fingerprint density at radius 2 is 1.67 bits per heavy atom.